The molecule has 86 valence electrons. The van der Waals surface area contributed by atoms with Gasteiger partial charge in [-0.15, -0.1) is 0 Å². The molecule has 0 aliphatic rings. The number of hydrogen-bond donors (Lipinski definition) is 0. The Bertz CT molecular complexity index is 517. The van der Waals surface area contributed by atoms with Gasteiger partial charge in [-0.25, -0.2) is 4.52 Å². The molecule has 0 atom stereocenters. The molecule has 0 N–H and O–H groups in total. The molecule has 2 aromatic rings. The van der Waals surface area contributed by atoms with Crippen molar-refractivity contribution in [2.45, 2.75) is 19.9 Å². The van der Waals surface area contributed by atoms with Crippen LogP contribution in [0, 0.1) is 0 Å². The van der Waals surface area contributed by atoms with Crippen LogP contribution in [-0.4, -0.2) is 25.7 Å². The Kier molecular flexibility index (Phi) is 3.66. The molecule has 0 aromatic carbocycles. The van der Waals surface area contributed by atoms with Crippen molar-refractivity contribution in [3.63, 3.8) is 0 Å². The van der Waals surface area contributed by atoms with Crippen molar-refractivity contribution in [2.75, 3.05) is 11.5 Å². The average molecular weight is 237 g/mol. The van der Waals surface area contributed by atoms with Crippen molar-refractivity contribution in [1.82, 2.24) is 14.2 Å². The fraction of sp³-hybridized carbons (Fsp3) is 0.455. The van der Waals surface area contributed by atoms with Crippen LogP contribution in [0.3, 0.4) is 0 Å². The van der Waals surface area contributed by atoms with Crippen LogP contribution in [0.15, 0.2) is 29.5 Å². The Morgan fingerprint density at radius 1 is 1.44 bits per heavy atom. The second-order valence-electron chi connectivity index (χ2n) is 3.51. The van der Waals surface area contributed by atoms with Crippen molar-refractivity contribution >= 4 is 17.3 Å². The lowest BCUT2D eigenvalue weighted by Crippen LogP contribution is -2.21. The van der Waals surface area contributed by atoms with E-state index in [4.69, 9.17) is 0 Å². The zero-order valence-electron chi connectivity index (χ0n) is 9.30. The van der Waals surface area contributed by atoms with Gasteiger partial charge in [-0.3, -0.25) is 4.79 Å². The lowest BCUT2D eigenvalue weighted by atomic mass is 10.4. The van der Waals surface area contributed by atoms with Crippen LogP contribution in [0.5, 0.6) is 0 Å². The molecule has 0 aliphatic heterocycles. The lowest BCUT2D eigenvalue weighted by Gasteiger charge is -2.05. The van der Waals surface area contributed by atoms with E-state index in [0.717, 1.165) is 24.5 Å². The van der Waals surface area contributed by atoms with E-state index in [1.54, 1.807) is 27.5 Å². The minimum absolute atomic E-state index is 0.0431. The molecule has 2 heterocycles. The number of thioether (sulfide) groups is 1. The molecule has 2 aromatic heterocycles. The van der Waals surface area contributed by atoms with Crippen molar-refractivity contribution in [3.05, 3.63) is 35.0 Å². The van der Waals surface area contributed by atoms with E-state index in [-0.39, 0.29) is 5.56 Å². The average Bonchev–Trinajstić information content (AvgIpc) is 2.76. The minimum atomic E-state index is 0.0431. The SMILES string of the molecule is CCSCCCn1ccn2nccc2c1=O. The van der Waals surface area contributed by atoms with Crippen LogP contribution in [0.1, 0.15) is 13.3 Å². The zero-order chi connectivity index (χ0) is 11.4. The van der Waals surface area contributed by atoms with Crippen molar-refractivity contribution in [3.8, 4) is 0 Å². The molecule has 0 fully saturated rings. The Morgan fingerprint density at radius 2 is 2.31 bits per heavy atom. The van der Waals surface area contributed by atoms with Gasteiger partial charge in [0, 0.05) is 18.9 Å². The van der Waals surface area contributed by atoms with E-state index in [0.29, 0.717) is 5.52 Å². The molecule has 16 heavy (non-hydrogen) atoms. The van der Waals surface area contributed by atoms with Crippen LogP contribution >= 0.6 is 11.8 Å². The maximum absolute atomic E-state index is 11.9. The third-order valence-electron chi connectivity index (χ3n) is 2.43. The van der Waals surface area contributed by atoms with Gasteiger partial charge in [0.25, 0.3) is 5.56 Å². The number of aromatic nitrogens is 3. The van der Waals surface area contributed by atoms with Crippen molar-refractivity contribution in [2.24, 2.45) is 0 Å². The maximum atomic E-state index is 11.9. The summed E-state index contributed by atoms with van der Waals surface area (Å²) < 4.78 is 3.37. The van der Waals surface area contributed by atoms with Gasteiger partial charge in [-0.05, 0) is 24.0 Å². The summed E-state index contributed by atoms with van der Waals surface area (Å²) in [7, 11) is 0. The molecule has 2 rings (SSSR count). The van der Waals surface area contributed by atoms with E-state index in [2.05, 4.69) is 12.0 Å². The first-order valence-corrected chi connectivity index (χ1v) is 6.59. The summed E-state index contributed by atoms with van der Waals surface area (Å²) in [5.74, 6) is 2.24. The predicted octanol–water partition coefficient (Wildman–Crippen LogP) is 1.64. The summed E-state index contributed by atoms with van der Waals surface area (Å²) in [5.41, 5.74) is 0.687. The Hall–Kier alpha value is -1.23. The summed E-state index contributed by atoms with van der Waals surface area (Å²) >= 11 is 1.91. The molecular formula is C11H15N3OS. The molecule has 0 aliphatic carbocycles. The molecule has 0 unspecified atom stereocenters. The molecule has 0 spiro atoms. The highest BCUT2D eigenvalue weighted by Crippen LogP contribution is 2.02. The van der Waals surface area contributed by atoms with Gasteiger partial charge in [0.15, 0.2) is 0 Å². The number of rotatable bonds is 5. The van der Waals surface area contributed by atoms with Gasteiger partial charge in [-0.1, -0.05) is 6.92 Å². The van der Waals surface area contributed by atoms with E-state index in [1.165, 1.54) is 0 Å². The Balaban J connectivity index is 2.12. The number of hydrogen-bond acceptors (Lipinski definition) is 3. The second kappa shape index (κ2) is 5.21. The highest BCUT2D eigenvalue weighted by molar-refractivity contribution is 7.99. The van der Waals surface area contributed by atoms with E-state index < -0.39 is 0 Å². The summed E-state index contributed by atoms with van der Waals surface area (Å²) in [6.07, 6.45) is 6.30. The van der Waals surface area contributed by atoms with Gasteiger partial charge >= 0.3 is 0 Å². The van der Waals surface area contributed by atoms with Crippen molar-refractivity contribution in [1.29, 1.82) is 0 Å². The third kappa shape index (κ3) is 2.29. The van der Waals surface area contributed by atoms with Gasteiger partial charge in [-0.2, -0.15) is 16.9 Å². The smallest absolute Gasteiger partial charge is 0.276 e. The Labute approximate surface area is 98.3 Å². The molecule has 0 saturated heterocycles. The van der Waals surface area contributed by atoms with E-state index in [1.807, 2.05) is 18.0 Å². The molecule has 0 bridgehead atoms. The molecule has 0 radical (unpaired) electrons. The van der Waals surface area contributed by atoms with Gasteiger partial charge in [0.1, 0.15) is 5.52 Å². The van der Waals surface area contributed by atoms with Gasteiger partial charge in [0.05, 0.1) is 6.20 Å². The molecule has 0 saturated carbocycles. The van der Waals surface area contributed by atoms with Crippen LogP contribution in [-0.2, 0) is 6.54 Å². The Morgan fingerprint density at radius 3 is 3.12 bits per heavy atom. The normalized spacial score (nSPS) is 11.1. The first kappa shape index (κ1) is 11.3. The first-order valence-electron chi connectivity index (χ1n) is 5.43. The number of aryl methyl sites for hydroxylation is 1. The summed E-state index contributed by atoms with van der Waals surface area (Å²) in [6.45, 7) is 2.93. The molecule has 4 nitrogen and oxygen atoms in total. The fourth-order valence-electron chi connectivity index (χ4n) is 1.62. The summed E-state index contributed by atoms with van der Waals surface area (Å²) in [6, 6.07) is 1.75. The topological polar surface area (TPSA) is 39.3 Å². The van der Waals surface area contributed by atoms with Gasteiger partial charge < -0.3 is 4.57 Å². The number of fused-ring (bicyclic) bond motifs is 1. The molecular weight excluding hydrogens is 222 g/mol. The number of nitrogens with zero attached hydrogens (tertiary/aromatic N) is 3. The summed E-state index contributed by atoms with van der Waals surface area (Å²) in [5, 5.41) is 4.03. The monoisotopic (exact) mass is 237 g/mol. The minimum Gasteiger partial charge on any atom is -0.312 e. The van der Waals surface area contributed by atoms with Crippen molar-refractivity contribution < 1.29 is 0 Å². The largest absolute Gasteiger partial charge is 0.312 e. The van der Waals surface area contributed by atoms with Gasteiger partial charge in [0.2, 0.25) is 0 Å². The summed E-state index contributed by atoms with van der Waals surface area (Å²) in [4.78, 5) is 11.9. The fourth-order valence-corrected chi connectivity index (χ4v) is 2.24. The highest BCUT2D eigenvalue weighted by Gasteiger charge is 2.02. The van der Waals surface area contributed by atoms with E-state index >= 15 is 0 Å². The van der Waals surface area contributed by atoms with Crippen LogP contribution in [0.2, 0.25) is 0 Å². The lowest BCUT2D eigenvalue weighted by molar-refractivity contribution is 0.652. The first-order chi connectivity index (χ1) is 7.83. The maximum Gasteiger partial charge on any atom is 0.276 e. The molecule has 5 heteroatoms. The van der Waals surface area contributed by atoms with Crippen LogP contribution in [0.25, 0.3) is 5.52 Å². The second-order valence-corrected chi connectivity index (χ2v) is 4.90. The highest BCUT2D eigenvalue weighted by atomic mass is 32.2. The molecule has 0 amide bonds. The third-order valence-corrected chi connectivity index (χ3v) is 3.42. The quantitative estimate of drug-likeness (QED) is 0.742. The van der Waals surface area contributed by atoms with Crippen LogP contribution < -0.4 is 5.56 Å². The van der Waals surface area contributed by atoms with E-state index in [9.17, 15) is 4.79 Å². The zero-order valence-corrected chi connectivity index (χ0v) is 10.1. The van der Waals surface area contributed by atoms with Crippen LogP contribution in [0.4, 0.5) is 0 Å². The predicted molar refractivity (Wildman–Crippen MR) is 67.1 cm³/mol. The standard InChI is InChI=1S/C11H15N3OS/c1-2-16-9-3-6-13-7-8-14-10(11(13)15)4-5-12-14/h4-5,7-8H,2-3,6,9H2,1H3.